The highest BCUT2D eigenvalue weighted by Crippen LogP contribution is 2.23. The molecule has 2 rings (SSSR count). The molecule has 2 N–H and O–H groups in total. The van der Waals surface area contributed by atoms with Crippen molar-refractivity contribution in [2.75, 3.05) is 11.9 Å². The molecule has 0 amide bonds. The molecular formula is C13H16BrN3. The van der Waals surface area contributed by atoms with Crippen molar-refractivity contribution in [2.45, 2.75) is 19.3 Å². The van der Waals surface area contributed by atoms with E-state index in [4.69, 9.17) is 0 Å². The number of aromatic amines is 1. The second-order valence-electron chi connectivity index (χ2n) is 4.70. The quantitative estimate of drug-likeness (QED) is 0.905. The molecule has 0 atom stereocenters. The first kappa shape index (κ1) is 12.2. The summed E-state index contributed by atoms with van der Waals surface area (Å²) in [7, 11) is 0. The van der Waals surface area contributed by atoms with E-state index in [-0.39, 0.29) is 5.41 Å². The van der Waals surface area contributed by atoms with Crippen LogP contribution in [0.3, 0.4) is 0 Å². The molecule has 0 aromatic carbocycles. The molecule has 0 unspecified atom stereocenters. The highest BCUT2D eigenvalue weighted by atomic mass is 79.9. The van der Waals surface area contributed by atoms with Gasteiger partial charge in [0.2, 0.25) is 0 Å². The number of anilines is 1. The van der Waals surface area contributed by atoms with Gasteiger partial charge in [-0.1, -0.05) is 13.8 Å². The number of halogens is 1. The minimum absolute atomic E-state index is 0.0781. The van der Waals surface area contributed by atoms with Gasteiger partial charge in [0.05, 0.1) is 0 Å². The van der Waals surface area contributed by atoms with Crippen LogP contribution >= 0.6 is 15.9 Å². The highest BCUT2D eigenvalue weighted by Gasteiger charge is 2.20. The fraction of sp³-hybridized carbons (Fsp3) is 0.308. The van der Waals surface area contributed by atoms with Crippen LogP contribution in [-0.4, -0.2) is 16.5 Å². The Bertz CT molecular complexity index is 460. The summed E-state index contributed by atoms with van der Waals surface area (Å²) in [6, 6.07) is 6.06. The van der Waals surface area contributed by atoms with Crippen molar-refractivity contribution < 1.29 is 0 Å². The molecule has 2 aromatic heterocycles. The first-order valence-corrected chi connectivity index (χ1v) is 6.36. The summed E-state index contributed by atoms with van der Waals surface area (Å²) in [5.74, 6) is 0.900. The van der Waals surface area contributed by atoms with Crippen LogP contribution in [0.15, 0.2) is 41.3 Å². The molecule has 0 aliphatic rings. The summed E-state index contributed by atoms with van der Waals surface area (Å²) in [5, 5.41) is 3.35. The second-order valence-corrected chi connectivity index (χ2v) is 5.61. The summed E-state index contributed by atoms with van der Waals surface area (Å²) in [5.41, 5.74) is 1.37. The Morgan fingerprint density at radius 3 is 2.76 bits per heavy atom. The number of hydrogen-bond acceptors (Lipinski definition) is 2. The number of rotatable bonds is 4. The summed E-state index contributed by atoms with van der Waals surface area (Å²) < 4.78 is 0.993. The standard InChI is InChI=1S/C13H16BrN3/c1-13(2,10-5-6-15-7-10)9-17-12-4-3-11(14)8-16-12/h3-8,15H,9H2,1-2H3,(H,16,17). The summed E-state index contributed by atoms with van der Waals surface area (Å²) in [6.45, 7) is 5.27. The predicted molar refractivity (Wildman–Crippen MR) is 74.2 cm³/mol. The lowest BCUT2D eigenvalue weighted by atomic mass is 9.86. The number of nitrogens with one attached hydrogen (secondary N) is 2. The van der Waals surface area contributed by atoms with Gasteiger partial charge in [0.1, 0.15) is 5.82 Å². The maximum atomic E-state index is 4.30. The smallest absolute Gasteiger partial charge is 0.125 e. The van der Waals surface area contributed by atoms with Crippen LogP contribution in [0.5, 0.6) is 0 Å². The number of hydrogen-bond donors (Lipinski definition) is 2. The van der Waals surface area contributed by atoms with E-state index in [2.05, 4.69) is 51.1 Å². The van der Waals surface area contributed by atoms with Crippen LogP contribution in [-0.2, 0) is 5.41 Å². The molecule has 4 heteroatoms. The third-order valence-corrected chi connectivity index (χ3v) is 3.29. The van der Waals surface area contributed by atoms with Gasteiger partial charge in [0, 0.05) is 35.0 Å². The minimum Gasteiger partial charge on any atom is -0.369 e. The van der Waals surface area contributed by atoms with Crippen LogP contribution in [0.25, 0.3) is 0 Å². The minimum atomic E-state index is 0.0781. The lowest BCUT2D eigenvalue weighted by molar-refractivity contribution is 0.557. The molecule has 0 bridgehead atoms. The van der Waals surface area contributed by atoms with Crippen molar-refractivity contribution in [1.82, 2.24) is 9.97 Å². The molecule has 3 nitrogen and oxygen atoms in total. The molecule has 0 saturated heterocycles. The van der Waals surface area contributed by atoms with Crippen LogP contribution < -0.4 is 5.32 Å². The van der Waals surface area contributed by atoms with Crippen molar-refractivity contribution in [3.63, 3.8) is 0 Å². The molecule has 17 heavy (non-hydrogen) atoms. The Balaban J connectivity index is 2.00. The Hall–Kier alpha value is -1.29. The van der Waals surface area contributed by atoms with Gasteiger partial charge in [-0.3, -0.25) is 0 Å². The zero-order valence-corrected chi connectivity index (χ0v) is 11.6. The van der Waals surface area contributed by atoms with Crippen LogP contribution in [0.2, 0.25) is 0 Å². The van der Waals surface area contributed by atoms with E-state index < -0.39 is 0 Å². The first-order valence-electron chi connectivity index (χ1n) is 5.57. The monoisotopic (exact) mass is 293 g/mol. The van der Waals surface area contributed by atoms with Gasteiger partial charge >= 0.3 is 0 Å². The van der Waals surface area contributed by atoms with E-state index in [9.17, 15) is 0 Å². The van der Waals surface area contributed by atoms with Crippen molar-refractivity contribution in [3.05, 3.63) is 46.8 Å². The lowest BCUT2D eigenvalue weighted by Gasteiger charge is -2.24. The summed E-state index contributed by atoms with van der Waals surface area (Å²) in [4.78, 5) is 7.39. The van der Waals surface area contributed by atoms with E-state index in [1.165, 1.54) is 5.56 Å². The SMILES string of the molecule is CC(C)(CNc1ccc(Br)cn1)c1cc[nH]c1. The maximum Gasteiger partial charge on any atom is 0.125 e. The van der Waals surface area contributed by atoms with E-state index in [1.807, 2.05) is 24.5 Å². The third kappa shape index (κ3) is 3.09. The largest absolute Gasteiger partial charge is 0.369 e. The van der Waals surface area contributed by atoms with Gasteiger partial charge in [-0.15, -0.1) is 0 Å². The van der Waals surface area contributed by atoms with Gasteiger partial charge in [-0.25, -0.2) is 4.98 Å². The van der Waals surface area contributed by atoms with Gasteiger partial charge in [-0.05, 0) is 39.7 Å². The zero-order valence-electron chi connectivity index (χ0n) is 10.00. The third-order valence-electron chi connectivity index (χ3n) is 2.82. The summed E-state index contributed by atoms with van der Waals surface area (Å²) >= 11 is 3.37. The maximum absolute atomic E-state index is 4.30. The fourth-order valence-electron chi connectivity index (χ4n) is 1.64. The van der Waals surface area contributed by atoms with Gasteiger partial charge in [-0.2, -0.15) is 0 Å². The Morgan fingerprint density at radius 2 is 2.18 bits per heavy atom. The van der Waals surface area contributed by atoms with Crippen molar-refractivity contribution >= 4 is 21.7 Å². The number of H-pyrrole nitrogens is 1. The fourth-order valence-corrected chi connectivity index (χ4v) is 1.87. The van der Waals surface area contributed by atoms with Crippen molar-refractivity contribution in [3.8, 4) is 0 Å². The molecular weight excluding hydrogens is 278 g/mol. The van der Waals surface area contributed by atoms with Crippen molar-refractivity contribution in [1.29, 1.82) is 0 Å². The van der Waals surface area contributed by atoms with Gasteiger partial charge in [0.15, 0.2) is 0 Å². The lowest BCUT2D eigenvalue weighted by Crippen LogP contribution is -2.27. The van der Waals surface area contributed by atoms with Gasteiger partial charge < -0.3 is 10.3 Å². The molecule has 0 aliphatic carbocycles. The zero-order chi connectivity index (χ0) is 12.3. The Labute approximate surface area is 110 Å². The molecule has 2 aromatic rings. The van der Waals surface area contributed by atoms with Crippen LogP contribution in [0, 0.1) is 0 Å². The average Bonchev–Trinajstić information content (AvgIpc) is 2.82. The normalized spacial score (nSPS) is 11.5. The number of aromatic nitrogens is 2. The molecule has 0 spiro atoms. The van der Waals surface area contributed by atoms with E-state index in [1.54, 1.807) is 6.20 Å². The average molecular weight is 294 g/mol. The van der Waals surface area contributed by atoms with E-state index >= 15 is 0 Å². The van der Waals surface area contributed by atoms with E-state index in [0.717, 1.165) is 16.8 Å². The van der Waals surface area contributed by atoms with Crippen LogP contribution in [0.1, 0.15) is 19.4 Å². The summed E-state index contributed by atoms with van der Waals surface area (Å²) in [6.07, 6.45) is 5.79. The molecule has 0 radical (unpaired) electrons. The first-order chi connectivity index (χ1) is 8.08. The topological polar surface area (TPSA) is 40.7 Å². The van der Waals surface area contributed by atoms with Crippen LogP contribution in [0.4, 0.5) is 5.82 Å². The highest BCUT2D eigenvalue weighted by molar-refractivity contribution is 9.10. The Kier molecular flexibility index (Phi) is 3.52. The second kappa shape index (κ2) is 4.92. The number of nitrogens with zero attached hydrogens (tertiary/aromatic N) is 1. The molecule has 90 valence electrons. The Morgan fingerprint density at radius 1 is 1.35 bits per heavy atom. The molecule has 0 aliphatic heterocycles. The molecule has 0 saturated carbocycles. The predicted octanol–water partition coefficient (Wildman–Crippen LogP) is 3.56. The van der Waals surface area contributed by atoms with E-state index in [0.29, 0.717) is 0 Å². The molecule has 0 fully saturated rings. The number of pyridine rings is 1. The van der Waals surface area contributed by atoms with Gasteiger partial charge in [0.25, 0.3) is 0 Å². The molecule has 2 heterocycles. The van der Waals surface area contributed by atoms with Crippen molar-refractivity contribution in [2.24, 2.45) is 0 Å².